The Labute approximate surface area is 155 Å². The number of benzene rings is 1. The van der Waals surface area contributed by atoms with Crippen molar-refractivity contribution in [2.75, 3.05) is 13.1 Å². The number of furan rings is 1. The summed E-state index contributed by atoms with van der Waals surface area (Å²) in [6, 6.07) is 8.56. The molecule has 2 amide bonds. The van der Waals surface area contributed by atoms with Gasteiger partial charge in [-0.1, -0.05) is 0 Å². The molecule has 0 spiro atoms. The Balaban J connectivity index is 1.77. The lowest BCUT2D eigenvalue weighted by molar-refractivity contribution is -0.384. The van der Waals surface area contributed by atoms with Crippen molar-refractivity contribution >= 4 is 23.1 Å². The van der Waals surface area contributed by atoms with Gasteiger partial charge in [0.05, 0.1) is 16.8 Å². The maximum absolute atomic E-state index is 12.8. The fourth-order valence-electron chi connectivity index (χ4n) is 2.89. The van der Waals surface area contributed by atoms with E-state index >= 15 is 0 Å². The third kappa shape index (κ3) is 4.41. The van der Waals surface area contributed by atoms with Gasteiger partial charge < -0.3 is 14.6 Å². The Morgan fingerprint density at radius 2 is 1.81 bits per heavy atom. The van der Waals surface area contributed by atoms with Crippen LogP contribution in [-0.2, 0) is 4.79 Å². The van der Waals surface area contributed by atoms with Crippen LogP contribution in [0.4, 0.5) is 5.69 Å². The molecule has 1 aromatic heterocycles. The fraction of sp³-hybridized carbons (Fsp3) is 0.263. The summed E-state index contributed by atoms with van der Waals surface area (Å²) in [7, 11) is 0. The van der Waals surface area contributed by atoms with Gasteiger partial charge in [-0.3, -0.25) is 19.7 Å². The van der Waals surface area contributed by atoms with Gasteiger partial charge in [-0.05, 0) is 43.5 Å². The van der Waals surface area contributed by atoms with Crippen LogP contribution in [0, 0.1) is 10.1 Å². The van der Waals surface area contributed by atoms with E-state index < -0.39 is 10.8 Å². The van der Waals surface area contributed by atoms with E-state index in [2.05, 4.69) is 5.32 Å². The van der Waals surface area contributed by atoms with Gasteiger partial charge in [0, 0.05) is 37.0 Å². The third-order valence-electron chi connectivity index (χ3n) is 4.35. The topological polar surface area (TPSA) is 106 Å². The summed E-state index contributed by atoms with van der Waals surface area (Å²) in [5, 5.41) is 13.3. The van der Waals surface area contributed by atoms with Crippen molar-refractivity contribution in [3.05, 3.63) is 70.3 Å². The molecule has 2 aromatic rings. The van der Waals surface area contributed by atoms with E-state index in [0.717, 1.165) is 19.3 Å². The van der Waals surface area contributed by atoms with Crippen LogP contribution < -0.4 is 5.32 Å². The van der Waals surface area contributed by atoms with Crippen molar-refractivity contribution in [2.45, 2.75) is 19.3 Å². The van der Waals surface area contributed by atoms with Gasteiger partial charge in [0.25, 0.3) is 17.5 Å². The molecule has 1 aliphatic rings. The lowest BCUT2D eigenvalue weighted by Crippen LogP contribution is -2.36. The lowest BCUT2D eigenvalue weighted by Gasteiger charge is -2.27. The number of non-ortho nitro benzene ring substituents is 1. The molecule has 1 fully saturated rings. The Bertz CT molecular complexity index is 850. The molecule has 1 N–H and O–H groups in total. The average Bonchev–Trinajstić information content (AvgIpc) is 3.23. The first-order valence-electron chi connectivity index (χ1n) is 8.65. The number of nitro benzene ring substituents is 1. The second kappa shape index (κ2) is 8.31. The first-order chi connectivity index (χ1) is 13.1. The highest BCUT2D eigenvalue weighted by Gasteiger charge is 2.23. The van der Waals surface area contributed by atoms with Crippen molar-refractivity contribution in [2.24, 2.45) is 0 Å². The quantitative estimate of drug-likeness (QED) is 0.495. The van der Waals surface area contributed by atoms with E-state index in [1.807, 2.05) is 0 Å². The molecule has 0 radical (unpaired) electrons. The van der Waals surface area contributed by atoms with Gasteiger partial charge in [-0.2, -0.15) is 0 Å². The van der Waals surface area contributed by atoms with Crippen LogP contribution in [0.25, 0.3) is 5.57 Å². The highest BCUT2D eigenvalue weighted by Crippen LogP contribution is 2.20. The smallest absolute Gasteiger partial charge is 0.269 e. The summed E-state index contributed by atoms with van der Waals surface area (Å²) in [6.07, 6.45) is 5.80. The van der Waals surface area contributed by atoms with Crippen LogP contribution in [0.1, 0.15) is 35.4 Å². The van der Waals surface area contributed by atoms with Crippen LogP contribution in [-0.4, -0.2) is 34.7 Å². The minimum absolute atomic E-state index is 0.0985. The molecule has 0 saturated carbocycles. The normalized spacial score (nSPS) is 14.7. The zero-order chi connectivity index (χ0) is 19.2. The van der Waals surface area contributed by atoms with E-state index in [-0.39, 0.29) is 22.7 Å². The molecule has 3 rings (SSSR count). The molecule has 2 heterocycles. The summed E-state index contributed by atoms with van der Waals surface area (Å²) in [5.41, 5.74) is 0.414. The number of nitrogens with zero attached hydrogens (tertiary/aromatic N) is 2. The van der Waals surface area contributed by atoms with Gasteiger partial charge in [0.2, 0.25) is 0 Å². The lowest BCUT2D eigenvalue weighted by atomic mass is 10.1. The summed E-state index contributed by atoms with van der Waals surface area (Å²) in [6.45, 7) is 1.35. The number of rotatable bonds is 5. The molecule has 8 nitrogen and oxygen atoms in total. The summed E-state index contributed by atoms with van der Waals surface area (Å²) < 4.78 is 5.35. The number of hydrogen-bond acceptors (Lipinski definition) is 5. The Morgan fingerprint density at radius 3 is 2.41 bits per heavy atom. The predicted octanol–water partition coefficient (Wildman–Crippen LogP) is 2.97. The van der Waals surface area contributed by atoms with Gasteiger partial charge in [-0.25, -0.2) is 0 Å². The molecular weight excluding hydrogens is 350 g/mol. The second-order valence-corrected chi connectivity index (χ2v) is 6.17. The first-order valence-corrected chi connectivity index (χ1v) is 8.65. The molecule has 140 valence electrons. The highest BCUT2D eigenvalue weighted by atomic mass is 16.6. The third-order valence-corrected chi connectivity index (χ3v) is 4.35. The van der Waals surface area contributed by atoms with E-state index in [0.29, 0.717) is 18.8 Å². The minimum atomic E-state index is -0.534. The summed E-state index contributed by atoms with van der Waals surface area (Å²) in [5.74, 6) is -0.302. The van der Waals surface area contributed by atoms with Gasteiger partial charge in [-0.15, -0.1) is 0 Å². The monoisotopic (exact) mass is 369 g/mol. The van der Waals surface area contributed by atoms with E-state index in [1.54, 1.807) is 17.0 Å². The molecule has 0 unspecified atom stereocenters. The van der Waals surface area contributed by atoms with Gasteiger partial charge in [0.1, 0.15) is 5.76 Å². The van der Waals surface area contributed by atoms with Crippen LogP contribution in [0.5, 0.6) is 0 Å². The van der Waals surface area contributed by atoms with Gasteiger partial charge >= 0.3 is 0 Å². The maximum Gasteiger partial charge on any atom is 0.269 e. The van der Waals surface area contributed by atoms with Gasteiger partial charge in [0.15, 0.2) is 0 Å². The van der Waals surface area contributed by atoms with Crippen LogP contribution >= 0.6 is 0 Å². The first kappa shape index (κ1) is 18.4. The molecule has 1 saturated heterocycles. The van der Waals surface area contributed by atoms with Crippen molar-refractivity contribution in [1.82, 2.24) is 10.2 Å². The molecule has 27 heavy (non-hydrogen) atoms. The Morgan fingerprint density at radius 1 is 1.11 bits per heavy atom. The minimum Gasteiger partial charge on any atom is -0.464 e. The molecule has 8 heteroatoms. The molecule has 0 atom stereocenters. The number of hydrogen-bond donors (Lipinski definition) is 1. The Hall–Kier alpha value is -3.42. The zero-order valence-corrected chi connectivity index (χ0v) is 14.6. The summed E-state index contributed by atoms with van der Waals surface area (Å²) in [4.78, 5) is 37.1. The molecule has 0 aliphatic carbocycles. The number of nitro groups is 1. The molecule has 1 aliphatic heterocycles. The number of piperidine rings is 1. The molecule has 0 bridgehead atoms. The highest BCUT2D eigenvalue weighted by molar-refractivity contribution is 6.19. The van der Waals surface area contributed by atoms with E-state index in [4.69, 9.17) is 4.42 Å². The molecule has 1 aromatic carbocycles. The number of carbonyl (C=O) groups is 2. The average molecular weight is 369 g/mol. The molecular formula is C19H19N3O5. The maximum atomic E-state index is 12.8. The number of likely N-dealkylation sites (tertiary alicyclic amines) is 1. The SMILES string of the molecule is O=C(NC=C(C(=O)N1CCCCC1)c1ccco1)c1ccc([N+](=O)[O-])cc1. The largest absolute Gasteiger partial charge is 0.464 e. The van der Waals surface area contributed by atoms with E-state index in [1.165, 1.54) is 36.7 Å². The number of carbonyl (C=O) groups excluding carboxylic acids is 2. The van der Waals surface area contributed by atoms with Crippen molar-refractivity contribution in [3.63, 3.8) is 0 Å². The van der Waals surface area contributed by atoms with Crippen molar-refractivity contribution in [1.29, 1.82) is 0 Å². The predicted molar refractivity (Wildman–Crippen MR) is 97.7 cm³/mol. The fourth-order valence-corrected chi connectivity index (χ4v) is 2.89. The van der Waals surface area contributed by atoms with E-state index in [9.17, 15) is 19.7 Å². The van der Waals surface area contributed by atoms with Crippen LogP contribution in [0.2, 0.25) is 0 Å². The number of nitrogens with one attached hydrogen (secondary N) is 1. The van der Waals surface area contributed by atoms with Crippen LogP contribution in [0.15, 0.2) is 53.3 Å². The van der Waals surface area contributed by atoms with Crippen LogP contribution in [0.3, 0.4) is 0 Å². The zero-order valence-electron chi connectivity index (χ0n) is 14.6. The standard InChI is InChI=1S/C19H19N3O5/c23-18(14-6-8-15(9-7-14)22(25)26)20-13-16(17-5-4-12-27-17)19(24)21-10-2-1-3-11-21/h4-9,12-13H,1-3,10-11H2,(H,20,23). The van der Waals surface area contributed by atoms with Crippen molar-refractivity contribution in [3.8, 4) is 0 Å². The summed E-state index contributed by atoms with van der Waals surface area (Å²) >= 11 is 0. The van der Waals surface area contributed by atoms with Crippen molar-refractivity contribution < 1.29 is 18.9 Å². The number of amides is 2. The Kier molecular flexibility index (Phi) is 5.65. The second-order valence-electron chi connectivity index (χ2n) is 6.17.